The molecule has 29 heavy (non-hydrogen) atoms. The van der Waals surface area contributed by atoms with Crippen LogP contribution in [-0.2, 0) is 17.8 Å². The standard InChI is InChI=1S/C25H39N3O/c1-2-3-4-5-6-7-8-9-12-20-28-23-15-11-10-14-22(23)27-24(28)16-13-19-26-25(29)21-17-18-21/h10-11,14-15,21H,2-9,12-13,16-20H2,1H3,(H,26,29). The average molecular weight is 398 g/mol. The predicted octanol–water partition coefficient (Wildman–Crippen LogP) is 6.03. The monoisotopic (exact) mass is 397 g/mol. The minimum atomic E-state index is 0.244. The Morgan fingerprint density at radius 1 is 1.00 bits per heavy atom. The van der Waals surface area contributed by atoms with Crippen LogP contribution in [0.3, 0.4) is 0 Å². The summed E-state index contributed by atoms with van der Waals surface area (Å²) in [6.45, 7) is 4.09. The van der Waals surface area contributed by atoms with E-state index in [1.54, 1.807) is 0 Å². The smallest absolute Gasteiger partial charge is 0.223 e. The molecule has 1 heterocycles. The number of nitrogens with one attached hydrogen (secondary N) is 1. The number of aryl methyl sites for hydroxylation is 2. The van der Waals surface area contributed by atoms with E-state index in [1.165, 1.54) is 69.1 Å². The summed E-state index contributed by atoms with van der Waals surface area (Å²) in [5, 5.41) is 3.08. The second kappa shape index (κ2) is 12.0. The number of fused-ring (bicyclic) bond motifs is 1. The minimum absolute atomic E-state index is 0.244. The molecule has 0 bridgehead atoms. The summed E-state index contributed by atoms with van der Waals surface area (Å²) in [7, 11) is 0. The highest BCUT2D eigenvalue weighted by Gasteiger charge is 2.29. The summed E-state index contributed by atoms with van der Waals surface area (Å²) >= 11 is 0. The number of para-hydroxylation sites is 2. The molecule has 0 atom stereocenters. The molecule has 4 nitrogen and oxygen atoms in total. The maximum absolute atomic E-state index is 11.8. The Hall–Kier alpha value is -1.84. The summed E-state index contributed by atoms with van der Waals surface area (Å²) in [4.78, 5) is 16.7. The zero-order valence-electron chi connectivity index (χ0n) is 18.3. The van der Waals surface area contributed by atoms with E-state index in [0.717, 1.165) is 44.3 Å². The number of aromatic nitrogens is 2. The number of benzene rings is 1. The van der Waals surface area contributed by atoms with Gasteiger partial charge in [0.15, 0.2) is 0 Å². The number of imidazole rings is 1. The molecule has 4 heteroatoms. The van der Waals surface area contributed by atoms with Crippen LogP contribution in [0, 0.1) is 5.92 Å². The lowest BCUT2D eigenvalue weighted by Gasteiger charge is -2.10. The van der Waals surface area contributed by atoms with Crippen molar-refractivity contribution >= 4 is 16.9 Å². The van der Waals surface area contributed by atoms with Gasteiger partial charge in [-0.25, -0.2) is 4.98 Å². The van der Waals surface area contributed by atoms with Crippen LogP contribution in [-0.4, -0.2) is 22.0 Å². The molecule has 2 aromatic rings. The van der Waals surface area contributed by atoms with Crippen LogP contribution >= 0.6 is 0 Å². The van der Waals surface area contributed by atoms with Gasteiger partial charge in [0, 0.05) is 25.4 Å². The lowest BCUT2D eigenvalue weighted by atomic mass is 10.1. The third-order valence-corrected chi connectivity index (χ3v) is 6.04. The molecule has 3 rings (SSSR count). The number of rotatable bonds is 15. The van der Waals surface area contributed by atoms with Crippen molar-refractivity contribution < 1.29 is 4.79 Å². The molecular formula is C25H39N3O. The van der Waals surface area contributed by atoms with Gasteiger partial charge in [0.1, 0.15) is 5.82 Å². The highest BCUT2D eigenvalue weighted by atomic mass is 16.2. The van der Waals surface area contributed by atoms with Gasteiger partial charge >= 0.3 is 0 Å². The highest BCUT2D eigenvalue weighted by Crippen LogP contribution is 2.28. The number of hydrogen-bond donors (Lipinski definition) is 1. The molecule has 1 aromatic heterocycles. The molecule has 1 saturated carbocycles. The molecule has 1 aromatic carbocycles. The van der Waals surface area contributed by atoms with Crippen molar-refractivity contribution in [1.29, 1.82) is 0 Å². The fourth-order valence-corrected chi connectivity index (χ4v) is 4.09. The van der Waals surface area contributed by atoms with E-state index in [4.69, 9.17) is 4.98 Å². The summed E-state index contributed by atoms with van der Waals surface area (Å²) in [6.07, 6.45) is 16.2. The maximum atomic E-state index is 11.8. The van der Waals surface area contributed by atoms with Crippen LogP contribution in [0.2, 0.25) is 0 Å². The Balaban J connectivity index is 1.42. The molecule has 1 aliphatic carbocycles. The first-order valence-corrected chi connectivity index (χ1v) is 12.0. The van der Waals surface area contributed by atoms with Crippen LogP contribution in [0.1, 0.15) is 89.8 Å². The van der Waals surface area contributed by atoms with Gasteiger partial charge in [-0.05, 0) is 37.8 Å². The average Bonchev–Trinajstić information content (AvgIpc) is 3.53. The van der Waals surface area contributed by atoms with Gasteiger partial charge in [-0.3, -0.25) is 4.79 Å². The Labute approximate surface area is 176 Å². The lowest BCUT2D eigenvalue weighted by molar-refractivity contribution is -0.122. The zero-order valence-corrected chi connectivity index (χ0v) is 18.3. The Morgan fingerprint density at radius 2 is 1.69 bits per heavy atom. The molecule has 160 valence electrons. The minimum Gasteiger partial charge on any atom is -0.356 e. The largest absolute Gasteiger partial charge is 0.356 e. The van der Waals surface area contributed by atoms with Crippen LogP contribution in [0.15, 0.2) is 24.3 Å². The number of amides is 1. The lowest BCUT2D eigenvalue weighted by Crippen LogP contribution is -2.26. The van der Waals surface area contributed by atoms with Gasteiger partial charge in [0.2, 0.25) is 5.91 Å². The van der Waals surface area contributed by atoms with Gasteiger partial charge < -0.3 is 9.88 Å². The predicted molar refractivity (Wildman–Crippen MR) is 121 cm³/mol. The second-order valence-electron chi connectivity index (χ2n) is 8.67. The molecule has 1 fully saturated rings. The van der Waals surface area contributed by atoms with Crippen LogP contribution in [0.5, 0.6) is 0 Å². The topological polar surface area (TPSA) is 46.9 Å². The van der Waals surface area contributed by atoms with Crippen molar-refractivity contribution in [3.63, 3.8) is 0 Å². The molecular weight excluding hydrogens is 358 g/mol. The number of unbranched alkanes of at least 4 members (excludes halogenated alkanes) is 8. The fourth-order valence-electron chi connectivity index (χ4n) is 4.09. The molecule has 0 radical (unpaired) electrons. The second-order valence-corrected chi connectivity index (χ2v) is 8.67. The molecule has 0 saturated heterocycles. The van der Waals surface area contributed by atoms with Gasteiger partial charge in [-0.15, -0.1) is 0 Å². The fraction of sp³-hybridized carbons (Fsp3) is 0.680. The molecule has 0 aliphatic heterocycles. The van der Waals surface area contributed by atoms with Gasteiger partial charge in [-0.2, -0.15) is 0 Å². The third-order valence-electron chi connectivity index (χ3n) is 6.04. The van der Waals surface area contributed by atoms with Crippen molar-refractivity contribution in [3.8, 4) is 0 Å². The number of nitrogens with zero attached hydrogens (tertiary/aromatic N) is 2. The Morgan fingerprint density at radius 3 is 2.41 bits per heavy atom. The van der Waals surface area contributed by atoms with E-state index in [2.05, 4.69) is 41.1 Å². The summed E-state index contributed by atoms with van der Waals surface area (Å²) in [5.41, 5.74) is 2.35. The first kappa shape index (κ1) is 21.9. The number of carbonyl (C=O) groups excluding carboxylic acids is 1. The van der Waals surface area contributed by atoms with Crippen LogP contribution in [0.4, 0.5) is 0 Å². The Kier molecular flexibility index (Phi) is 9.04. The number of carbonyl (C=O) groups is 1. The number of hydrogen-bond acceptors (Lipinski definition) is 2. The highest BCUT2D eigenvalue weighted by molar-refractivity contribution is 5.80. The van der Waals surface area contributed by atoms with E-state index in [1.807, 2.05) is 0 Å². The summed E-state index contributed by atoms with van der Waals surface area (Å²) < 4.78 is 2.42. The Bertz CT molecular complexity index is 748. The summed E-state index contributed by atoms with van der Waals surface area (Å²) in [6, 6.07) is 8.48. The van der Waals surface area contributed by atoms with Crippen molar-refractivity contribution in [2.45, 2.75) is 96.9 Å². The van der Waals surface area contributed by atoms with E-state index in [-0.39, 0.29) is 5.91 Å². The zero-order chi connectivity index (χ0) is 20.3. The van der Waals surface area contributed by atoms with Crippen molar-refractivity contribution in [3.05, 3.63) is 30.1 Å². The third kappa shape index (κ3) is 7.17. The first-order valence-electron chi connectivity index (χ1n) is 12.0. The van der Waals surface area contributed by atoms with Gasteiger partial charge in [-0.1, -0.05) is 70.4 Å². The molecule has 1 amide bonds. The normalized spacial score (nSPS) is 13.8. The van der Waals surface area contributed by atoms with Gasteiger partial charge in [0.05, 0.1) is 11.0 Å². The first-order chi connectivity index (χ1) is 14.3. The molecule has 1 N–H and O–H groups in total. The van der Waals surface area contributed by atoms with Gasteiger partial charge in [0.25, 0.3) is 0 Å². The van der Waals surface area contributed by atoms with Crippen molar-refractivity contribution in [2.75, 3.05) is 6.54 Å². The van der Waals surface area contributed by atoms with E-state index in [0.29, 0.717) is 5.92 Å². The van der Waals surface area contributed by atoms with E-state index >= 15 is 0 Å². The quantitative estimate of drug-likeness (QED) is 0.373. The van der Waals surface area contributed by atoms with Crippen molar-refractivity contribution in [1.82, 2.24) is 14.9 Å². The maximum Gasteiger partial charge on any atom is 0.223 e. The summed E-state index contributed by atoms with van der Waals surface area (Å²) in [5.74, 6) is 1.71. The van der Waals surface area contributed by atoms with E-state index in [9.17, 15) is 4.79 Å². The van der Waals surface area contributed by atoms with Crippen LogP contribution in [0.25, 0.3) is 11.0 Å². The van der Waals surface area contributed by atoms with Crippen LogP contribution < -0.4 is 5.32 Å². The molecule has 0 unspecified atom stereocenters. The SMILES string of the molecule is CCCCCCCCCCCn1c(CCCNC(=O)C2CC2)nc2ccccc21. The van der Waals surface area contributed by atoms with Crippen molar-refractivity contribution in [2.24, 2.45) is 5.92 Å². The molecule has 0 spiro atoms. The van der Waals surface area contributed by atoms with E-state index < -0.39 is 0 Å². The molecule has 1 aliphatic rings.